The number of thiophene rings is 1. The Morgan fingerprint density at radius 3 is 2.89 bits per heavy atom. The second kappa shape index (κ2) is 7.52. The summed E-state index contributed by atoms with van der Waals surface area (Å²) in [5.41, 5.74) is 1.90. The zero-order chi connectivity index (χ0) is 19.6. The lowest BCUT2D eigenvalue weighted by Gasteiger charge is -2.03. The van der Waals surface area contributed by atoms with Crippen molar-refractivity contribution in [2.45, 2.75) is 11.4 Å². The number of sulfone groups is 1. The number of hydrogen-bond donors (Lipinski definition) is 1. The summed E-state index contributed by atoms with van der Waals surface area (Å²) in [4.78, 5) is 12.4. The highest BCUT2D eigenvalue weighted by Gasteiger charge is 2.22. The van der Waals surface area contributed by atoms with Gasteiger partial charge in [0.15, 0.2) is 9.84 Å². The van der Waals surface area contributed by atoms with E-state index in [1.165, 1.54) is 11.6 Å². The lowest BCUT2D eigenvalue weighted by Crippen LogP contribution is -2.10. The first kappa shape index (κ1) is 19.1. The van der Waals surface area contributed by atoms with Crippen LogP contribution in [0.25, 0.3) is 0 Å². The van der Waals surface area contributed by atoms with Gasteiger partial charge in [0.1, 0.15) is 4.88 Å². The smallest absolute Gasteiger partial charge is 0.267 e. The summed E-state index contributed by atoms with van der Waals surface area (Å²) in [6, 6.07) is 9.22. The molecule has 0 atom stereocenters. The van der Waals surface area contributed by atoms with Crippen LogP contribution < -0.4 is 5.32 Å². The molecule has 0 bridgehead atoms. The predicted octanol–water partition coefficient (Wildman–Crippen LogP) is 3.17. The third-order valence-electron chi connectivity index (χ3n) is 3.60. The fraction of sp³-hybridized carbons (Fsp3) is 0.118. The Labute approximate surface area is 164 Å². The molecule has 10 heteroatoms. The first-order chi connectivity index (χ1) is 12.8. The number of nitrogens with one attached hydrogen (secondary N) is 1. The number of anilines is 1. The first-order valence-corrected chi connectivity index (χ1v) is 10.7. The lowest BCUT2D eigenvalue weighted by atomic mass is 10.1. The highest BCUT2D eigenvalue weighted by atomic mass is 35.5. The van der Waals surface area contributed by atoms with Crippen molar-refractivity contribution < 1.29 is 13.2 Å². The highest BCUT2D eigenvalue weighted by Crippen LogP contribution is 2.32. The minimum atomic E-state index is -3.50. The van der Waals surface area contributed by atoms with Gasteiger partial charge in [-0.05, 0) is 17.7 Å². The fourth-order valence-electron chi connectivity index (χ4n) is 2.36. The van der Waals surface area contributed by atoms with E-state index in [9.17, 15) is 13.2 Å². The molecule has 7 nitrogen and oxygen atoms in total. The van der Waals surface area contributed by atoms with E-state index < -0.39 is 15.7 Å². The molecule has 0 spiro atoms. The number of nitriles is 1. The third-order valence-corrected chi connectivity index (χ3v) is 6.46. The normalized spacial score (nSPS) is 11.1. The van der Waals surface area contributed by atoms with Gasteiger partial charge in [0.05, 0.1) is 40.0 Å². The van der Waals surface area contributed by atoms with Gasteiger partial charge in [-0.1, -0.05) is 23.7 Å². The SMILES string of the molecule is CS(=O)(=O)c1csc(C(=O)Nc2cnn(Cc3cccc(C#N)c3)c2)c1Cl. The van der Waals surface area contributed by atoms with Crippen molar-refractivity contribution in [3.8, 4) is 6.07 Å². The Kier molecular flexibility index (Phi) is 5.32. The van der Waals surface area contributed by atoms with Crippen molar-refractivity contribution in [1.82, 2.24) is 9.78 Å². The minimum Gasteiger partial charge on any atom is -0.319 e. The highest BCUT2D eigenvalue weighted by molar-refractivity contribution is 7.91. The van der Waals surface area contributed by atoms with Gasteiger partial charge in [-0.2, -0.15) is 10.4 Å². The first-order valence-electron chi connectivity index (χ1n) is 7.58. The van der Waals surface area contributed by atoms with Crippen molar-refractivity contribution in [2.24, 2.45) is 0 Å². The van der Waals surface area contributed by atoms with Crippen LogP contribution in [0.3, 0.4) is 0 Å². The zero-order valence-electron chi connectivity index (χ0n) is 14.0. The molecule has 3 rings (SSSR count). The van der Waals surface area contributed by atoms with Gasteiger partial charge in [-0.25, -0.2) is 8.42 Å². The number of nitrogens with zero attached hydrogens (tertiary/aromatic N) is 3. The summed E-state index contributed by atoms with van der Waals surface area (Å²) in [6.45, 7) is 0.434. The maximum absolute atomic E-state index is 12.4. The maximum Gasteiger partial charge on any atom is 0.267 e. The van der Waals surface area contributed by atoms with E-state index >= 15 is 0 Å². The van der Waals surface area contributed by atoms with Crippen LogP contribution in [0.2, 0.25) is 5.02 Å². The maximum atomic E-state index is 12.4. The molecule has 0 unspecified atom stereocenters. The van der Waals surface area contributed by atoms with Gasteiger partial charge in [-0.15, -0.1) is 11.3 Å². The van der Waals surface area contributed by atoms with Crippen molar-refractivity contribution in [3.63, 3.8) is 0 Å². The van der Waals surface area contributed by atoms with Crippen LogP contribution in [0.4, 0.5) is 5.69 Å². The third kappa shape index (κ3) is 4.36. The molecule has 0 aliphatic heterocycles. The molecule has 0 aliphatic rings. The number of carbonyl (C=O) groups is 1. The van der Waals surface area contributed by atoms with Crippen LogP contribution in [-0.4, -0.2) is 30.4 Å². The molecular formula is C17H13ClN4O3S2. The van der Waals surface area contributed by atoms with Gasteiger partial charge in [0, 0.05) is 17.8 Å². The number of aromatic nitrogens is 2. The number of hydrogen-bond acceptors (Lipinski definition) is 6. The number of carbonyl (C=O) groups excluding carboxylic acids is 1. The van der Waals surface area contributed by atoms with Crippen LogP contribution in [0.1, 0.15) is 20.8 Å². The summed E-state index contributed by atoms with van der Waals surface area (Å²) in [6.07, 6.45) is 4.15. The Bertz CT molecular complexity index is 1160. The molecule has 0 radical (unpaired) electrons. The van der Waals surface area contributed by atoms with E-state index in [1.807, 2.05) is 6.07 Å². The van der Waals surface area contributed by atoms with Crippen molar-refractivity contribution in [3.05, 3.63) is 63.1 Å². The van der Waals surface area contributed by atoms with Crippen LogP contribution >= 0.6 is 22.9 Å². The monoisotopic (exact) mass is 420 g/mol. The molecule has 27 heavy (non-hydrogen) atoms. The fourth-order valence-corrected chi connectivity index (χ4v) is 5.17. The number of benzene rings is 1. The van der Waals surface area contributed by atoms with E-state index in [1.54, 1.807) is 29.1 Å². The Morgan fingerprint density at radius 1 is 1.44 bits per heavy atom. The van der Waals surface area contributed by atoms with Crippen molar-refractivity contribution >= 4 is 44.4 Å². The Morgan fingerprint density at radius 2 is 2.22 bits per heavy atom. The average molecular weight is 421 g/mol. The van der Waals surface area contributed by atoms with Gasteiger partial charge in [0.2, 0.25) is 0 Å². The molecule has 2 heterocycles. The second-order valence-electron chi connectivity index (χ2n) is 5.71. The van der Waals surface area contributed by atoms with Gasteiger partial charge in [-0.3, -0.25) is 9.48 Å². The topological polar surface area (TPSA) is 105 Å². The molecule has 0 fully saturated rings. The Balaban J connectivity index is 1.73. The summed E-state index contributed by atoms with van der Waals surface area (Å²) < 4.78 is 24.9. The van der Waals surface area contributed by atoms with Gasteiger partial charge in [0.25, 0.3) is 5.91 Å². The summed E-state index contributed by atoms with van der Waals surface area (Å²) >= 11 is 7.00. The molecule has 1 amide bonds. The molecule has 2 aromatic heterocycles. The average Bonchev–Trinajstić information content (AvgIpc) is 3.21. The lowest BCUT2D eigenvalue weighted by molar-refractivity contribution is 0.103. The molecule has 1 aromatic carbocycles. The van der Waals surface area contributed by atoms with Crippen LogP contribution in [0.5, 0.6) is 0 Å². The zero-order valence-corrected chi connectivity index (χ0v) is 16.4. The number of halogens is 1. The van der Waals surface area contributed by atoms with Gasteiger partial charge >= 0.3 is 0 Å². The largest absolute Gasteiger partial charge is 0.319 e. The van der Waals surface area contributed by atoms with Crippen LogP contribution in [0, 0.1) is 11.3 Å². The number of amides is 1. The minimum absolute atomic E-state index is 0.0626. The number of rotatable bonds is 5. The van der Waals surface area contributed by atoms with E-state index in [-0.39, 0.29) is 14.8 Å². The van der Waals surface area contributed by atoms with E-state index in [0.29, 0.717) is 17.8 Å². The van der Waals surface area contributed by atoms with Crippen LogP contribution in [0.15, 0.2) is 46.9 Å². The molecule has 3 aromatic rings. The van der Waals surface area contributed by atoms with Crippen molar-refractivity contribution in [1.29, 1.82) is 5.26 Å². The molecule has 0 saturated carbocycles. The summed E-state index contributed by atoms with van der Waals surface area (Å²) in [7, 11) is -3.50. The van der Waals surface area contributed by atoms with Crippen molar-refractivity contribution in [2.75, 3.05) is 11.6 Å². The standard InChI is InChI=1S/C17H13ClN4O3S2/c1-27(24,25)14-10-26-16(15(14)18)17(23)21-13-7-20-22(9-13)8-12-4-2-3-11(5-12)6-19/h2-5,7,9-10H,8H2,1H3,(H,21,23). The van der Waals surface area contributed by atoms with Gasteiger partial charge < -0.3 is 5.32 Å². The second-order valence-corrected chi connectivity index (χ2v) is 8.95. The predicted molar refractivity (Wildman–Crippen MR) is 103 cm³/mol. The molecule has 138 valence electrons. The quantitative estimate of drug-likeness (QED) is 0.682. The molecule has 0 aliphatic carbocycles. The molecule has 1 N–H and O–H groups in total. The van der Waals surface area contributed by atoms with E-state index in [2.05, 4.69) is 16.5 Å². The molecule has 0 saturated heterocycles. The van der Waals surface area contributed by atoms with Crippen LogP contribution in [-0.2, 0) is 16.4 Å². The van der Waals surface area contributed by atoms with E-state index in [4.69, 9.17) is 16.9 Å². The molecular weight excluding hydrogens is 408 g/mol. The van der Waals surface area contributed by atoms with E-state index in [0.717, 1.165) is 23.2 Å². The summed E-state index contributed by atoms with van der Waals surface area (Å²) in [5.74, 6) is -0.508. The summed E-state index contributed by atoms with van der Waals surface area (Å²) in [5, 5.41) is 17.0. The Hall–Kier alpha value is -2.67.